The standard InChI is InChI=1S/C23H27ClO4/c1-21(2)9-15(25)19-17(11-21)28-23(27)12-22(3,4)10-16(26)20(23)18(19)13-7-5-6-8-14(13)24/h5-8,18,20,27H,9-12H2,1-4H3. The van der Waals surface area contributed by atoms with Gasteiger partial charge in [-0.1, -0.05) is 57.5 Å². The number of hydrogen-bond donors (Lipinski definition) is 1. The molecule has 1 saturated carbocycles. The molecule has 1 fully saturated rings. The molecule has 5 heteroatoms. The second kappa shape index (κ2) is 6.17. The van der Waals surface area contributed by atoms with Crippen LogP contribution in [-0.2, 0) is 14.3 Å². The van der Waals surface area contributed by atoms with E-state index in [9.17, 15) is 14.7 Å². The second-order valence-corrected chi connectivity index (χ2v) is 10.6. The Kier molecular flexibility index (Phi) is 4.33. The molecule has 28 heavy (non-hydrogen) atoms. The van der Waals surface area contributed by atoms with Crippen LogP contribution in [0.1, 0.15) is 64.9 Å². The summed E-state index contributed by atoms with van der Waals surface area (Å²) in [5.74, 6) is -2.60. The molecule has 3 atom stereocenters. The number of hydrogen-bond acceptors (Lipinski definition) is 4. The molecule has 0 amide bonds. The van der Waals surface area contributed by atoms with Crippen molar-refractivity contribution in [3.05, 3.63) is 46.2 Å². The number of carbonyl (C=O) groups is 2. The van der Waals surface area contributed by atoms with E-state index in [2.05, 4.69) is 0 Å². The van der Waals surface area contributed by atoms with Crippen molar-refractivity contribution in [2.24, 2.45) is 16.7 Å². The van der Waals surface area contributed by atoms with Crippen molar-refractivity contribution in [1.29, 1.82) is 0 Å². The molecule has 0 aromatic heterocycles. The lowest BCUT2D eigenvalue weighted by molar-refractivity contribution is -0.253. The summed E-state index contributed by atoms with van der Waals surface area (Å²) in [5, 5.41) is 12.1. The van der Waals surface area contributed by atoms with E-state index in [1.54, 1.807) is 6.07 Å². The third-order valence-corrected chi connectivity index (χ3v) is 6.63. The predicted octanol–water partition coefficient (Wildman–Crippen LogP) is 4.79. The van der Waals surface area contributed by atoms with E-state index in [1.165, 1.54) is 0 Å². The third-order valence-electron chi connectivity index (χ3n) is 6.28. The van der Waals surface area contributed by atoms with Crippen molar-refractivity contribution in [3.63, 3.8) is 0 Å². The summed E-state index contributed by atoms with van der Waals surface area (Å²) in [6, 6.07) is 7.29. The summed E-state index contributed by atoms with van der Waals surface area (Å²) in [7, 11) is 0. The Labute approximate surface area is 170 Å². The number of allylic oxidation sites excluding steroid dienone is 2. The van der Waals surface area contributed by atoms with E-state index in [0.29, 0.717) is 47.6 Å². The van der Waals surface area contributed by atoms with Gasteiger partial charge in [0.2, 0.25) is 5.79 Å². The third kappa shape index (κ3) is 3.11. The van der Waals surface area contributed by atoms with Crippen LogP contribution in [0.3, 0.4) is 0 Å². The zero-order chi connectivity index (χ0) is 20.5. The van der Waals surface area contributed by atoms with E-state index < -0.39 is 17.6 Å². The largest absolute Gasteiger partial charge is 0.466 e. The van der Waals surface area contributed by atoms with E-state index in [1.807, 2.05) is 45.9 Å². The molecule has 1 heterocycles. The number of fused-ring (bicyclic) bond motifs is 1. The number of carbonyl (C=O) groups excluding carboxylic acids is 2. The lowest BCUT2D eigenvalue weighted by atomic mass is 9.59. The Bertz CT molecular complexity index is 898. The summed E-state index contributed by atoms with van der Waals surface area (Å²) >= 11 is 6.51. The lowest BCUT2D eigenvalue weighted by Crippen LogP contribution is -2.58. The number of halogens is 1. The van der Waals surface area contributed by atoms with Crippen molar-refractivity contribution in [1.82, 2.24) is 0 Å². The first-order valence-electron chi connectivity index (χ1n) is 9.87. The van der Waals surface area contributed by atoms with E-state index in [-0.39, 0.29) is 22.4 Å². The molecule has 0 spiro atoms. The fourth-order valence-corrected chi connectivity index (χ4v) is 5.65. The quantitative estimate of drug-likeness (QED) is 0.733. The average molecular weight is 403 g/mol. The van der Waals surface area contributed by atoms with Crippen LogP contribution < -0.4 is 0 Å². The van der Waals surface area contributed by atoms with Crippen molar-refractivity contribution in [2.45, 2.75) is 65.1 Å². The minimum Gasteiger partial charge on any atom is -0.466 e. The molecule has 1 aromatic rings. The summed E-state index contributed by atoms with van der Waals surface area (Å²) in [5.41, 5.74) is 0.609. The molecule has 3 unspecified atom stereocenters. The van der Waals surface area contributed by atoms with Crippen LogP contribution in [0.15, 0.2) is 35.6 Å². The van der Waals surface area contributed by atoms with Crippen molar-refractivity contribution in [2.75, 3.05) is 0 Å². The van der Waals surface area contributed by atoms with Crippen LogP contribution in [0.5, 0.6) is 0 Å². The first-order valence-corrected chi connectivity index (χ1v) is 10.3. The number of Topliss-reactive ketones (excluding diaryl/α,β-unsaturated/α-hetero) is 2. The maximum absolute atomic E-state index is 13.2. The Morgan fingerprint density at radius 1 is 1.04 bits per heavy atom. The van der Waals surface area contributed by atoms with Gasteiger partial charge in [-0.3, -0.25) is 9.59 Å². The zero-order valence-electron chi connectivity index (χ0n) is 16.8. The molecule has 2 aliphatic carbocycles. The lowest BCUT2D eigenvalue weighted by Gasteiger charge is -2.53. The minimum atomic E-state index is -1.63. The summed E-state index contributed by atoms with van der Waals surface area (Å²) in [6.45, 7) is 7.98. The summed E-state index contributed by atoms with van der Waals surface area (Å²) in [4.78, 5) is 26.4. The fourth-order valence-electron chi connectivity index (χ4n) is 5.40. The van der Waals surface area contributed by atoms with Gasteiger partial charge >= 0.3 is 0 Å². The monoisotopic (exact) mass is 402 g/mol. The SMILES string of the molecule is CC1(C)CC(=O)C2=C(C1)OC1(O)CC(C)(C)CC(=O)C1C2c1ccccc1Cl. The number of benzene rings is 1. The summed E-state index contributed by atoms with van der Waals surface area (Å²) in [6.07, 6.45) is 1.62. The molecule has 4 nitrogen and oxygen atoms in total. The number of ketones is 2. The van der Waals surface area contributed by atoms with Crippen LogP contribution in [0.2, 0.25) is 5.02 Å². The fraction of sp³-hybridized carbons (Fsp3) is 0.565. The highest BCUT2D eigenvalue weighted by Crippen LogP contribution is 2.58. The van der Waals surface area contributed by atoms with Crippen LogP contribution in [-0.4, -0.2) is 22.5 Å². The Morgan fingerprint density at radius 2 is 1.71 bits per heavy atom. The molecule has 0 saturated heterocycles. The topological polar surface area (TPSA) is 63.6 Å². The summed E-state index contributed by atoms with van der Waals surface area (Å²) < 4.78 is 6.14. The van der Waals surface area contributed by atoms with Gasteiger partial charge in [0, 0.05) is 42.2 Å². The van der Waals surface area contributed by atoms with E-state index >= 15 is 0 Å². The molecule has 3 aliphatic rings. The molecular weight excluding hydrogens is 376 g/mol. The van der Waals surface area contributed by atoms with Gasteiger partial charge in [-0.25, -0.2) is 0 Å². The van der Waals surface area contributed by atoms with Crippen molar-refractivity contribution in [3.8, 4) is 0 Å². The van der Waals surface area contributed by atoms with Gasteiger partial charge in [0.1, 0.15) is 11.5 Å². The minimum absolute atomic E-state index is 0.0177. The molecule has 0 bridgehead atoms. The van der Waals surface area contributed by atoms with Crippen molar-refractivity contribution >= 4 is 23.2 Å². The smallest absolute Gasteiger partial charge is 0.218 e. The molecular formula is C23H27ClO4. The number of aliphatic hydroxyl groups is 1. The molecule has 1 aromatic carbocycles. The molecule has 0 radical (unpaired) electrons. The molecule has 1 N–H and O–H groups in total. The first-order chi connectivity index (χ1) is 12.9. The van der Waals surface area contributed by atoms with E-state index in [4.69, 9.17) is 16.3 Å². The van der Waals surface area contributed by atoms with Crippen LogP contribution in [0, 0.1) is 16.7 Å². The molecule has 150 valence electrons. The van der Waals surface area contributed by atoms with Gasteiger partial charge in [0.05, 0.1) is 5.92 Å². The van der Waals surface area contributed by atoms with Gasteiger partial charge in [-0.15, -0.1) is 0 Å². The molecule has 4 rings (SSSR count). The molecule has 1 aliphatic heterocycles. The zero-order valence-corrected chi connectivity index (χ0v) is 17.6. The highest BCUT2D eigenvalue weighted by atomic mass is 35.5. The van der Waals surface area contributed by atoms with Crippen molar-refractivity contribution < 1.29 is 19.4 Å². The predicted molar refractivity (Wildman–Crippen MR) is 107 cm³/mol. The van der Waals surface area contributed by atoms with Crippen LogP contribution in [0.25, 0.3) is 0 Å². The highest BCUT2D eigenvalue weighted by Gasteiger charge is 2.61. The Balaban J connectivity index is 1.95. The average Bonchev–Trinajstić information content (AvgIpc) is 2.50. The maximum atomic E-state index is 13.2. The van der Waals surface area contributed by atoms with E-state index in [0.717, 1.165) is 0 Å². The second-order valence-electron chi connectivity index (χ2n) is 10.2. The van der Waals surface area contributed by atoms with Crippen LogP contribution in [0.4, 0.5) is 0 Å². The Morgan fingerprint density at radius 3 is 2.39 bits per heavy atom. The van der Waals surface area contributed by atoms with Gasteiger partial charge in [-0.05, 0) is 22.5 Å². The highest BCUT2D eigenvalue weighted by molar-refractivity contribution is 6.31. The normalized spacial score (nSPS) is 33.8. The van der Waals surface area contributed by atoms with Gasteiger partial charge in [0.25, 0.3) is 0 Å². The van der Waals surface area contributed by atoms with Gasteiger partial charge < -0.3 is 9.84 Å². The van der Waals surface area contributed by atoms with Gasteiger partial charge in [0.15, 0.2) is 5.78 Å². The Hall–Kier alpha value is -1.65. The number of rotatable bonds is 1. The maximum Gasteiger partial charge on any atom is 0.218 e. The number of ether oxygens (including phenoxy) is 1. The van der Waals surface area contributed by atoms with Gasteiger partial charge in [-0.2, -0.15) is 0 Å². The first kappa shape index (κ1) is 19.7. The van der Waals surface area contributed by atoms with Crippen LogP contribution >= 0.6 is 11.6 Å².